The van der Waals surface area contributed by atoms with Crippen LogP contribution in [-0.4, -0.2) is 37.2 Å². The lowest BCUT2D eigenvalue weighted by Crippen LogP contribution is -2.61. The van der Waals surface area contributed by atoms with Crippen molar-refractivity contribution in [3.63, 3.8) is 0 Å². The van der Waals surface area contributed by atoms with Gasteiger partial charge in [0.2, 0.25) is 0 Å². The smallest absolute Gasteiger partial charge is 0.410 e. The molecule has 0 aromatic heterocycles. The Morgan fingerprint density at radius 2 is 1.89 bits per heavy atom. The van der Waals surface area contributed by atoms with Crippen molar-refractivity contribution in [3.8, 4) is 0 Å². The van der Waals surface area contributed by atoms with Gasteiger partial charge >= 0.3 is 6.09 Å². The van der Waals surface area contributed by atoms with Gasteiger partial charge in [0.1, 0.15) is 6.61 Å². The van der Waals surface area contributed by atoms with Gasteiger partial charge in [-0.1, -0.05) is 30.3 Å². The Bertz CT molecular complexity index is 433. The SMILES string of the molecule is O=C(OCc1ccccc1)N1CC2(CCNCC2)C1. The van der Waals surface area contributed by atoms with Crippen molar-refractivity contribution >= 4 is 6.09 Å². The lowest BCUT2D eigenvalue weighted by atomic mass is 9.73. The molecular formula is C15H20N2O2. The zero-order valence-electron chi connectivity index (χ0n) is 11.1. The molecule has 0 radical (unpaired) electrons. The number of nitrogens with one attached hydrogen (secondary N) is 1. The second-order valence-corrected chi connectivity index (χ2v) is 5.65. The third-order valence-electron chi connectivity index (χ3n) is 4.18. The fourth-order valence-electron chi connectivity index (χ4n) is 2.98. The molecule has 0 bridgehead atoms. The van der Waals surface area contributed by atoms with Gasteiger partial charge in [0.25, 0.3) is 0 Å². The number of rotatable bonds is 2. The quantitative estimate of drug-likeness (QED) is 0.884. The minimum Gasteiger partial charge on any atom is -0.445 e. The van der Waals surface area contributed by atoms with Crippen LogP contribution in [0.15, 0.2) is 30.3 Å². The van der Waals surface area contributed by atoms with E-state index in [-0.39, 0.29) is 6.09 Å². The molecular weight excluding hydrogens is 240 g/mol. The Kier molecular flexibility index (Phi) is 3.42. The molecule has 3 rings (SSSR count). The molecule has 0 saturated carbocycles. The van der Waals surface area contributed by atoms with Crippen LogP contribution in [-0.2, 0) is 11.3 Å². The lowest BCUT2D eigenvalue weighted by molar-refractivity contribution is -0.0232. The minimum atomic E-state index is -0.173. The van der Waals surface area contributed by atoms with Gasteiger partial charge in [0.15, 0.2) is 0 Å². The first kappa shape index (κ1) is 12.5. The predicted molar refractivity (Wildman–Crippen MR) is 72.7 cm³/mol. The van der Waals surface area contributed by atoms with Crippen molar-refractivity contribution in [2.45, 2.75) is 19.4 Å². The van der Waals surface area contributed by atoms with E-state index in [1.165, 1.54) is 12.8 Å². The average molecular weight is 260 g/mol. The molecule has 1 N–H and O–H groups in total. The number of piperidine rings is 1. The molecule has 0 unspecified atom stereocenters. The van der Waals surface area contributed by atoms with E-state index in [1.807, 2.05) is 35.2 Å². The Morgan fingerprint density at radius 3 is 2.58 bits per heavy atom. The summed E-state index contributed by atoms with van der Waals surface area (Å²) >= 11 is 0. The summed E-state index contributed by atoms with van der Waals surface area (Å²) in [5.74, 6) is 0. The van der Waals surface area contributed by atoms with Crippen LogP contribution in [0.3, 0.4) is 0 Å². The summed E-state index contributed by atoms with van der Waals surface area (Å²) in [5, 5.41) is 3.36. The summed E-state index contributed by atoms with van der Waals surface area (Å²) in [6.07, 6.45) is 2.18. The van der Waals surface area contributed by atoms with Crippen molar-refractivity contribution in [1.29, 1.82) is 0 Å². The van der Waals surface area contributed by atoms with Gasteiger partial charge in [-0.2, -0.15) is 0 Å². The summed E-state index contributed by atoms with van der Waals surface area (Å²) in [4.78, 5) is 13.7. The van der Waals surface area contributed by atoms with Gasteiger partial charge in [-0.05, 0) is 31.5 Å². The highest BCUT2D eigenvalue weighted by atomic mass is 16.6. The summed E-state index contributed by atoms with van der Waals surface area (Å²) in [6, 6.07) is 9.81. The molecule has 1 aromatic rings. The molecule has 1 amide bonds. The summed E-state index contributed by atoms with van der Waals surface area (Å²) in [5.41, 5.74) is 1.41. The molecule has 1 spiro atoms. The van der Waals surface area contributed by atoms with Crippen LogP contribution in [0, 0.1) is 5.41 Å². The average Bonchev–Trinajstić information content (AvgIpc) is 2.44. The Hall–Kier alpha value is -1.55. The number of nitrogens with zero attached hydrogens (tertiary/aromatic N) is 1. The Balaban J connectivity index is 1.45. The third-order valence-corrected chi connectivity index (χ3v) is 4.18. The van der Waals surface area contributed by atoms with Crippen LogP contribution in [0.4, 0.5) is 4.79 Å². The largest absolute Gasteiger partial charge is 0.445 e. The highest BCUT2D eigenvalue weighted by molar-refractivity contribution is 5.69. The van der Waals surface area contributed by atoms with Crippen LogP contribution in [0.1, 0.15) is 18.4 Å². The van der Waals surface area contributed by atoms with Gasteiger partial charge in [-0.15, -0.1) is 0 Å². The van der Waals surface area contributed by atoms with Gasteiger partial charge in [0, 0.05) is 18.5 Å². The van der Waals surface area contributed by atoms with Crippen molar-refractivity contribution < 1.29 is 9.53 Å². The van der Waals surface area contributed by atoms with Crippen molar-refractivity contribution in [2.24, 2.45) is 5.41 Å². The van der Waals surface area contributed by atoms with Crippen LogP contribution < -0.4 is 5.32 Å². The summed E-state index contributed by atoms with van der Waals surface area (Å²) < 4.78 is 5.34. The maximum atomic E-state index is 11.9. The van der Waals surface area contributed by atoms with E-state index in [9.17, 15) is 4.79 Å². The molecule has 4 heteroatoms. The minimum absolute atomic E-state index is 0.173. The molecule has 0 atom stereocenters. The number of carbonyl (C=O) groups excluding carboxylic acids is 1. The Labute approximate surface area is 113 Å². The number of hydrogen-bond acceptors (Lipinski definition) is 3. The molecule has 2 aliphatic heterocycles. The zero-order chi connectivity index (χ0) is 13.1. The fraction of sp³-hybridized carbons (Fsp3) is 0.533. The van der Waals surface area contributed by atoms with Gasteiger partial charge in [-0.3, -0.25) is 0 Å². The standard InChI is InChI=1S/C15H20N2O2/c18-14(19-10-13-4-2-1-3-5-13)17-11-15(12-17)6-8-16-9-7-15/h1-5,16H,6-12H2. The molecule has 1 aromatic carbocycles. The molecule has 2 saturated heterocycles. The van der Waals surface area contributed by atoms with Crippen LogP contribution in [0.5, 0.6) is 0 Å². The summed E-state index contributed by atoms with van der Waals surface area (Å²) in [7, 11) is 0. The number of ether oxygens (including phenoxy) is 1. The molecule has 4 nitrogen and oxygen atoms in total. The molecule has 102 valence electrons. The van der Waals surface area contributed by atoms with E-state index in [4.69, 9.17) is 4.74 Å². The van der Waals surface area contributed by atoms with Crippen molar-refractivity contribution in [3.05, 3.63) is 35.9 Å². The topological polar surface area (TPSA) is 41.6 Å². The first-order chi connectivity index (χ1) is 9.27. The monoisotopic (exact) mass is 260 g/mol. The summed E-state index contributed by atoms with van der Waals surface area (Å²) in [6.45, 7) is 4.25. The van der Waals surface area contributed by atoms with Gasteiger partial charge < -0.3 is 15.0 Å². The second-order valence-electron chi connectivity index (χ2n) is 5.65. The van der Waals surface area contributed by atoms with Crippen LogP contribution in [0.25, 0.3) is 0 Å². The first-order valence-corrected chi connectivity index (χ1v) is 6.94. The van der Waals surface area contributed by atoms with Gasteiger partial charge in [0.05, 0.1) is 0 Å². The van der Waals surface area contributed by atoms with Crippen LogP contribution >= 0.6 is 0 Å². The molecule has 2 fully saturated rings. The maximum absolute atomic E-state index is 11.9. The zero-order valence-corrected chi connectivity index (χ0v) is 11.1. The molecule has 2 aliphatic rings. The molecule has 0 aliphatic carbocycles. The predicted octanol–water partition coefficient (Wildman–Crippen LogP) is 2.01. The highest BCUT2D eigenvalue weighted by Gasteiger charge is 2.45. The van der Waals surface area contributed by atoms with Crippen molar-refractivity contribution in [1.82, 2.24) is 10.2 Å². The third kappa shape index (κ3) is 2.73. The van der Waals surface area contributed by atoms with E-state index in [1.54, 1.807) is 0 Å². The number of hydrogen-bond donors (Lipinski definition) is 1. The van der Waals surface area contributed by atoms with E-state index < -0.39 is 0 Å². The van der Waals surface area contributed by atoms with Crippen LogP contribution in [0.2, 0.25) is 0 Å². The first-order valence-electron chi connectivity index (χ1n) is 6.94. The Morgan fingerprint density at radius 1 is 1.21 bits per heavy atom. The molecule has 19 heavy (non-hydrogen) atoms. The normalized spacial score (nSPS) is 20.9. The number of amides is 1. The number of benzene rings is 1. The second kappa shape index (κ2) is 5.21. The van der Waals surface area contributed by atoms with E-state index in [0.29, 0.717) is 12.0 Å². The van der Waals surface area contributed by atoms with Gasteiger partial charge in [-0.25, -0.2) is 4.79 Å². The number of likely N-dealkylation sites (tertiary alicyclic amines) is 1. The fourth-order valence-corrected chi connectivity index (χ4v) is 2.98. The lowest BCUT2D eigenvalue weighted by Gasteiger charge is -2.51. The highest BCUT2D eigenvalue weighted by Crippen LogP contribution is 2.38. The number of carbonyl (C=O) groups is 1. The molecule has 2 heterocycles. The maximum Gasteiger partial charge on any atom is 0.410 e. The van der Waals surface area contributed by atoms with E-state index in [0.717, 1.165) is 31.7 Å². The van der Waals surface area contributed by atoms with Crippen molar-refractivity contribution in [2.75, 3.05) is 26.2 Å². The van der Waals surface area contributed by atoms with E-state index >= 15 is 0 Å². The van der Waals surface area contributed by atoms with E-state index in [2.05, 4.69) is 5.32 Å².